The number of pyridine rings is 1. The Morgan fingerprint density at radius 3 is 2.60 bits per heavy atom. The Balaban J connectivity index is 1.19. The molecule has 3 amide bonds. The van der Waals surface area contributed by atoms with Gasteiger partial charge in [0.1, 0.15) is 23.5 Å². The molecular formula is C30H30FN8O3+. The highest BCUT2D eigenvalue weighted by Gasteiger charge is 2.32. The minimum absolute atomic E-state index is 0.0595. The normalized spacial score (nSPS) is 17.7. The summed E-state index contributed by atoms with van der Waals surface area (Å²) < 4.78 is 18.5. The van der Waals surface area contributed by atoms with E-state index in [9.17, 15) is 14.0 Å². The Hall–Kier alpha value is -5.07. The average Bonchev–Trinajstić information content (AvgIpc) is 3.49. The molecule has 1 unspecified atom stereocenters. The van der Waals surface area contributed by atoms with Crippen LogP contribution in [-0.4, -0.2) is 60.6 Å². The molecule has 2 aromatic carbocycles. The Labute approximate surface area is 242 Å². The van der Waals surface area contributed by atoms with Crippen LogP contribution in [0.4, 0.5) is 32.1 Å². The van der Waals surface area contributed by atoms with Gasteiger partial charge >= 0.3 is 6.03 Å². The summed E-state index contributed by atoms with van der Waals surface area (Å²) in [6, 6.07) is 14.4. The molecule has 3 aliphatic heterocycles. The molecule has 4 heterocycles. The number of halogens is 1. The minimum Gasteiger partial charge on any atom is -0.378 e. The van der Waals surface area contributed by atoms with Crippen LogP contribution in [0, 0.1) is 12.7 Å². The van der Waals surface area contributed by atoms with Crippen molar-refractivity contribution in [1.82, 2.24) is 9.88 Å². The topological polar surface area (TPSA) is 116 Å². The number of aliphatic imine (C=N–C) groups is 1. The second-order valence-corrected chi connectivity index (χ2v) is 9.99. The highest BCUT2D eigenvalue weighted by molar-refractivity contribution is 6.01. The molecule has 1 aromatic heterocycles. The van der Waals surface area contributed by atoms with E-state index in [1.54, 1.807) is 29.4 Å². The van der Waals surface area contributed by atoms with Gasteiger partial charge in [0, 0.05) is 36.9 Å². The summed E-state index contributed by atoms with van der Waals surface area (Å²) >= 11 is 0. The van der Waals surface area contributed by atoms with Crippen molar-refractivity contribution >= 4 is 40.7 Å². The van der Waals surface area contributed by atoms with Crippen LogP contribution in [0.3, 0.4) is 0 Å². The summed E-state index contributed by atoms with van der Waals surface area (Å²) in [5.74, 6) is 0.978. The molecule has 11 nitrogen and oxygen atoms in total. The molecule has 0 aliphatic carbocycles. The third-order valence-corrected chi connectivity index (χ3v) is 7.20. The summed E-state index contributed by atoms with van der Waals surface area (Å²) in [7, 11) is 0. The van der Waals surface area contributed by atoms with Gasteiger partial charge in [-0.3, -0.25) is 9.69 Å². The third-order valence-electron chi connectivity index (χ3n) is 7.20. The van der Waals surface area contributed by atoms with Gasteiger partial charge in [0.15, 0.2) is 6.67 Å². The van der Waals surface area contributed by atoms with E-state index in [0.717, 1.165) is 27.7 Å². The number of benzene rings is 2. The van der Waals surface area contributed by atoms with Gasteiger partial charge < -0.3 is 25.6 Å². The van der Waals surface area contributed by atoms with Crippen LogP contribution >= 0.6 is 0 Å². The molecule has 1 saturated heterocycles. The average molecular weight is 570 g/mol. The molecule has 3 aliphatic rings. The van der Waals surface area contributed by atoms with Crippen LogP contribution in [0.25, 0.3) is 0 Å². The summed E-state index contributed by atoms with van der Waals surface area (Å²) in [6.45, 7) is 4.76. The van der Waals surface area contributed by atoms with Gasteiger partial charge in [0.2, 0.25) is 0 Å². The van der Waals surface area contributed by atoms with Crippen molar-refractivity contribution in [2.75, 3.05) is 53.8 Å². The lowest BCUT2D eigenvalue weighted by molar-refractivity contribution is -0.743. The first-order valence-corrected chi connectivity index (χ1v) is 13.6. The van der Waals surface area contributed by atoms with Crippen LogP contribution in [0.2, 0.25) is 0 Å². The van der Waals surface area contributed by atoms with Crippen molar-refractivity contribution in [1.29, 1.82) is 0 Å². The highest BCUT2D eigenvalue weighted by Crippen LogP contribution is 2.28. The van der Waals surface area contributed by atoms with E-state index in [4.69, 9.17) is 4.74 Å². The molecule has 0 spiro atoms. The van der Waals surface area contributed by atoms with Crippen molar-refractivity contribution < 1.29 is 23.6 Å². The number of hydrogen-bond acceptors (Lipinski definition) is 7. The maximum atomic E-state index is 13.2. The van der Waals surface area contributed by atoms with Crippen LogP contribution < -0.4 is 25.8 Å². The number of carbonyl (C=O) groups is 2. The zero-order valence-corrected chi connectivity index (χ0v) is 22.9. The largest absolute Gasteiger partial charge is 0.378 e. The van der Waals surface area contributed by atoms with Gasteiger partial charge in [-0.1, -0.05) is 6.07 Å². The van der Waals surface area contributed by atoms with E-state index >= 15 is 0 Å². The highest BCUT2D eigenvalue weighted by atomic mass is 19.1. The minimum atomic E-state index is -0.428. The first-order valence-electron chi connectivity index (χ1n) is 13.6. The van der Waals surface area contributed by atoms with Crippen molar-refractivity contribution in [3.05, 3.63) is 102 Å². The first-order chi connectivity index (χ1) is 20.4. The fraction of sp³-hybridized carbons (Fsp3) is 0.200. The molecule has 0 bridgehead atoms. The second kappa shape index (κ2) is 11.8. The molecule has 1 atom stereocenters. The quantitative estimate of drug-likeness (QED) is 0.363. The molecule has 1 fully saturated rings. The smallest absolute Gasteiger partial charge is 0.323 e. The maximum absolute atomic E-state index is 13.2. The Morgan fingerprint density at radius 1 is 1.02 bits per heavy atom. The number of nitrogens with one attached hydrogen (secondary N) is 4. The number of ether oxygens (including phenoxy) is 1. The lowest BCUT2D eigenvalue weighted by atomic mass is 10.1. The molecular weight excluding hydrogens is 539 g/mol. The Kier molecular flexibility index (Phi) is 7.62. The summed E-state index contributed by atoms with van der Waals surface area (Å²) in [4.78, 5) is 39.4. The zero-order chi connectivity index (χ0) is 29.1. The number of anilines is 4. The summed E-state index contributed by atoms with van der Waals surface area (Å²) in [5, 5.41) is 8.97. The molecule has 3 aromatic rings. The van der Waals surface area contributed by atoms with Crippen LogP contribution in [-0.2, 0) is 4.74 Å². The van der Waals surface area contributed by atoms with Crippen molar-refractivity contribution in [3.8, 4) is 0 Å². The zero-order valence-electron chi connectivity index (χ0n) is 22.9. The van der Waals surface area contributed by atoms with E-state index < -0.39 is 6.03 Å². The maximum Gasteiger partial charge on any atom is 0.323 e. The number of aromatic nitrogens is 1. The van der Waals surface area contributed by atoms with E-state index in [1.165, 1.54) is 24.3 Å². The van der Waals surface area contributed by atoms with Crippen LogP contribution in [0.5, 0.6) is 0 Å². The number of quaternary nitrogens is 1. The van der Waals surface area contributed by atoms with Crippen LogP contribution in [0.15, 0.2) is 90.1 Å². The van der Waals surface area contributed by atoms with Gasteiger partial charge in [0.25, 0.3) is 11.7 Å². The van der Waals surface area contributed by atoms with Crippen LogP contribution in [0.1, 0.15) is 15.9 Å². The molecule has 0 saturated carbocycles. The Morgan fingerprint density at radius 2 is 1.83 bits per heavy atom. The lowest BCUT2D eigenvalue weighted by Crippen LogP contribution is -3.12. The number of morpholine rings is 1. The van der Waals surface area contributed by atoms with Gasteiger partial charge in [-0.05, 0) is 61.0 Å². The van der Waals surface area contributed by atoms with Crippen molar-refractivity contribution in [2.24, 2.45) is 4.99 Å². The van der Waals surface area contributed by atoms with Gasteiger partial charge in [0.05, 0.1) is 30.7 Å². The standard InChI is InChI=1S/C30H29FN8O3/c1-20-24(36-30(41)34-23-8-6-22(31)7-9-23)3-2-4-26(20)39-18-25(28-32-11-12-38(28)19-39)35-27-10-5-21(17-33-27)29(40)37-13-15-42-16-14-37/h2-12,17-18H,13-16,19H2,1H3,(H,33,35)(H2,34,36,41)/p+1. The predicted octanol–water partition coefficient (Wildman–Crippen LogP) is 3.14. The van der Waals surface area contributed by atoms with Gasteiger partial charge in [-0.25, -0.2) is 19.1 Å². The van der Waals surface area contributed by atoms with E-state index in [2.05, 4.69) is 30.8 Å². The molecule has 0 radical (unpaired) electrons. The van der Waals surface area contributed by atoms with Gasteiger partial charge in [-0.2, -0.15) is 4.99 Å². The van der Waals surface area contributed by atoms with Crippen molar-refractivity contribution in [2.45, 2.75) is 6.92 Å². The van der Waals surface area contributed by atoms with E-state index in [0.29, 0.717) is 55.7 Å². The number of carbonyl (C=O) groups excluding carboxylic acids is 2. The fourth-order valence-electron chi connectivity index (χ4n) is 5.00. The number of rotatable bonds is 6. The summed E-state index contributed by atoms with van der Waals surface area (Å²) in [6.07, 6.45) is 7.29. The number of amides is 3. The van der Waals surface area contributed by atoms with Gasteiger partial charge in [-0.15, -0.1) is 0 Å². The fourth-order valence-corrected chi connectivity index (χ4v) is 5.00. The van der Waals surface area contributed by atoms with E-state index in [-0.39, 0.29) is 11.7 Å². The molecule has 42 heavy (non-hydrogen) atoms. The third kappa shape index (κ3) is 5.85. The molecule has 214 valence electrons. The lowest BCUT2D eigenvalue weighted by Gasteiger charge is -2.31. The number of urea groups is 1. The molecule has 4 N–H and O–H groups in total. The van der Waals surface area contributed by atoms with Crippen molar-refractivity contribution in [3.63, 3.8) is 0 Å². The number of nitrogens with zero attached hydrogens (tertiary/aromatic N) is 4. The van der Waals surface area contributed by atoms with E-state index in [1.807, 2.05) is 37.5 Å². The second-order valence-electron chi connectivity index (χ2n) is 9.99. The Bertz CT molecular complexity index is 1580. The predicted molar refractivity (Wildman–Crippen MR) is 158 cm³/mol. The number of hydrogen-bond donors (Lipinski definition) is 4. The number of fused-ring (bicyclic) bond motifs is 1. The SMILES string of the molecule is Cc1c(NC(=O)Nc2ccc(F)cc2)cccc1N1C=C(Nc2ccc(C(=O)N3CCOCC3)cn2)C2=NC=C[NH+]2C1. The first kappa shape index (κ1) is 27.1. The molecule has 6 rings (SSSR count). The monoisotopic (exact) mass is 569 g/mol. The molecule has 12 heteroatoms. The number of amidine groups is 1. The summed E-state index contributed by atoms with van der Waals surface area (Å²) in [5.41, 5.74) is 4.18.